The van der Waals surface area contributed by atoms with E-state index in [1.165, 1.54) is 12.1 Å². The summed E-state index contributed by atoms with van der Waals surface area (Å²) < 4.78 is 37.6. The molecule has 168 valence electrons. The lowest BCUT2D eigenvalue weighted by Crippen LogP contribution is -2.46. The number of ether oxygens (including phenoxy) is 2. The van der Waals surface area contributed by atoms with Gasteiger partial charge in [-0.1, -0.05) is 38.1 Å². The van der Waals surface area contributed by atoms with Crippen molar-refractivity contribution in [2.24, 2.45) is 11.1 Å². The van der Waals surface area contributed by atoms with E-state index in [1.54, 1.807) is 50.5 Å². The molecule has 1 aromatic heterocycles. The molecule has 0 bridgehead atoms. The Labute approximate surface area is 188 Å². The third-order valence-electron chi connectivity index (χ3n) is 4.83. The van der Waals surface area contributed by atoms with Gasteiger partial charge in [-0.3, -0.25) is 9.78 Å². The van der Waals surface area contributed by atoms with E-state index in [0.29, 0.717) is 11.5 Å². The van der Waals surface area contributed by atoms with Gasteiger partial charge in [-0.15, -0.1) is 0 Å². The second kappa shape index (κ2) is 9.93. The van der Waals surface area contributed by atoms with Crippen molar-refractivity contribution in [1.29, 1.82) is 0 Å². The van der Waals surface area contributed by atoms with E-state index in [0.717, 1.165) is 5.56 Å². The summed E-state index contributed by atoms with van der Waals surface area (Å²) in [5.74, 6) is 0.128. The molecular formula is C24H26N2O5S. The van der Waals surface area contributed by atoms with E-state index in [9.17, 15) is 13.2 Å². The fourth-order valence-corrected chi connectivity index (χ4v) is 5.19. The molecule has 0 fully saturated rings. The highest BCUT2D eigenvalue weighted by molar-refractivity contribution is 7.91. The van der Waals surface area contributed by atoms with E-state index in [-0.39, 0.29) is 17.3 Å². The van der Waals surface area contributed by atoms with Crippen LogP contribution in [0.3, 0.4) is 0 Å². The Balaban J connectivity index is 1.71. The van der Waals surface area contributed by atoms with Gasteiger partial charge in [0.05, 0.1) is 17.3 Å². The smallest absolute Gasteiger partial charge is 0.247 e. The van der Waals surface area contributed by atoms with E-state index in [2.05, 4.69) is 4.98 Å². The van der Waals surface area contributed by atoms with Gasteiger partial charge >= 0.3 is 0 Å². The van der Waals surface area contributed by atoms with Crippen molar-refractivity contribution in [3.05, 3.63) is 84.7 Å². The van der Waals surface area contributed by atoms with Crippen LogP contribution in [-0.4, -0.2) is 31.2 Å². The molecule has 32 heavy (non-hydrogen) atoms. The van der Waals surface area contributed by atoms with Crippen LogP contribution >= 0.6 is 0 Å². The number of pyridine rings is 1. The molecule has 8 heteroatoms. The van der Waals surface area contributed by atoms with E-state index >= 15 is 0 Å². The second-order valence-corrected chi connectivity index (χ2v) is 10.1. The lowest BCUT2D eigenvalue weighted by atomic mass is 9.88. The van der Waals surface area contributed by atoms with Gasteiger partial charge in [0, 0.05) is 17.8 Å². The minimum Gasteiger partial charge on any atom is -0.457 e. The number of para-hydroxylation sites is 1. The lowest BCUT2D eigenvalue weighted by Gasteiger charge is -2.31. The maximum absolute atomic E-state index is 13.1. The largest absolute Gasteiger partial charge is 0.457 e. The summed E-state index contributed by atoms with van der Waals surface area (Å²) in [4.78, 5) is 16.2. The van der Waals surface area contributed by atoms with Crippen LogP contribution in [0.1, 0.15) is 19.4 Å². The molecule has 3 aromatic rings. The molecule has 3 rings (SSSR count). The molecule has 1 unspecified atom stereocenters. The van der Waals surface area contributed by atoms with E-state index in [4.69, 9.17) is 15.2 Å². The topological polar surface area (TPSA) is 109 Å². The van der Waals surface area contributed by atoms with Crippen LogP contribution in [-0.2, 0) is 26.0 Å². The molecule has 0 aliphatic heterocycles. The van der Waals surface area contributed by atoms with Crippen molar-refractivity contribution in [3.8, 4) is 11.5 Å². The van der Waals surface area contributed by atoms with Crippen LogP contribution in [0.15, 0.2) is 84.0 Å². The summed E-state index contributed by atoms with van der Waals surface area (Å²) in [6.07, 6.45) is 2.14. The molecule has 1 heterocycles. The standard InChI is InChI=1S/C24H26N2O5S/c1-24(2,22(23(25)27)30-16-18-7-6-14-26-15-18)17-32(28,29)21-12-10-20(11-13-21)31-19-8-4-3-5-9-19/h3-15,22H,16-17H2,1-2H3,(H2,25,27). The number of carbonyl (C=O) groups excluding carboxylic acids is 1. The zero-order chi connectivity index (χ0) is 23.2. The number of carbonyl (C=O) groups is 1. The van der Waals surface area contributed by atoms with E-state index < -0.39 is 27.3 Å². The number of nitrogens with two attached hydrogens (primary N) is 1. The molecule has 0 saturated heterocycles. The highest BCUT2D eigenvalue weighted by Crippen LogP contribution is 2.30. The Morgan fingerprint density at radius 3 is 2.25 bits per heavy atom. The van der Waals surface area contributed by atoms with Crippen LogP contribution in [0, 0.1) is 5.41 Å². The number of rotatable bonds is 10. The van der Waals surface area contributed by atoms with Gasteiger partial charge in [0.1, 0.15) is 17.6 Å². The number of hydrogen-bond acceptors (Lipinski definition) is 6. The van der Waals surface area contributed by atoms with Crippen molar-refractivity contribution < 1.29 is 22.7 Å². The Bertz CT molecular complexity index is 1130. The minimum atomic E-state index is -3.72. The van der Waals surface area contributed by atoms with Crippen LogP contribution in [0.2, 0.25) is 0 Å². The number of amides is 1. The average Bonchev–Trinajstić information content (AvgIpc) is 2.74. The molecule has 0 aliphatic carbocycles. The van der Waals surface area contributed by atoms with Crippen LogP contribution in [0.4, 0.5) is 0 Å². The number of primary amides is 1. The van der Waals surface area contributed by atoms with Crippen LogP contribution < -0.4 is 10.5 Å². The molecule has 7 nitrogen and oxygen atoms in total. The summed E-state index contributed by atoms with van der Waals surface area (Å²) in [5.41, 5.74) is 5.24. The molecule has 0 radical (unpaired) electrons. The Hall–Kier alpha value is -3.23. The minimum absolute atomic E-state index is 0.0937. The van der Waals surface area contributed by atoms with Crippen molar-refractivity contribution in [1.82, 2.24) is 4.98 Å². The molecule has 0 spiro atoms. The fraction of sp³-hybridized carbons (Fsp3) is 0.250. The van der Waals surface area contributed by atoms with E-state index in [1.807, 2.05) is 30.3 Å². The SMILES string of the molecule is CC(C)(CS(=O)(=O)c1ccc(Oc2ccccc2)cc1)C(OCc1cccnc1)C(N)=O. The van der Waals surface area contributed by atoms with Crippen molar-refractivity contribution in [3.63, 3.8) is 0 Å². The lowest BCUT2D eigenvalue weighted by molar-refractivity contribution is -0.137. The molecule has 1 amide bonds. The van der Waals surface area contributed by atoms with Gasteiger partial charge in [-0.25, -0.2) is 8.42 Å². The van der Waals surface area contributed by atoms with Gasteiger partial charge < -0.3 is 15.2 Å². The zero-order valence-electron chi connectivity index (χ0n) is 18.0. The summed E-state index contributed by atoms with van der Waals surface area (Å²) >= 11 is 0. The maximum Gasteiger partial charge on any atom is 0.247 e. The first-order valence-electron chi connectivity index (χ1n) is 10.0. The predicted molar refractivity (Wildman–Crippen MR) is 121 cm³/mol. The van der Waals surface area contributed by atoms with Gasteiger partial charge in [0.15, 0.2) is 9.84 Å². The number of sulfone groups is 1. The van der Waals surface area contributed by atoms with Crippen LogP contribution in [0.25, 0.3) is 0 Å². The van der Waals surface area contributed by atoms with Gasteiger partial charge in [0.2, 0.25) is 5.91 Å². The summed E-state index contributed by atoms with van der Waals surface area (Å²) in [7, 11) is -3.72. The number of hydrogen-bond donors (Lipinski definition) is 1. The van der Waals surface area contributed by atoms with Gasteiger partial charge in [0.25, 0.3) is 0 Å². The molecule has 0 saturated carbocycles. The van der Waals surface area contributed by atoms with Crippen molar-refractivity contribution in [2.45, 2.75) is 31.5 Å². The van der Waals surface area contributed by atoms with Crippen molar-refractivity contribution >= 4 is 15.7 Å². The molecule has 1 atom stereocenters. The molecule has 2 aromatic carbocycles. The highest BCUT2D eigenvalue weighted by atomic mass is 32.2. The highest BCUT2D eigenvalue weighted by Gasteiger charge is 2.39. The number of aromatic nitrogens is 1. The maximum atomic E-state index is 13.1. The number of nitrogens with zero attached hydrogens (tertiary/aromatic N) is 1. The summed E-state index contributed by atoms with van der Waals surface area (Å²) in [6.45, 7) is 3.39. The average molecular weight is 455 g/mol. The third kappa shape index (κ3) is 6.15. The second-order valence-electron chi connectivity index (χ2n) is 8.09. The zero-order valence-corrected chi connectivity index (χ0v) is 18.8. The monoisotopic (exact) mass is 454 g/mol. The van der Waals surface area contributed by atoms with Crippen LogP contribution in [0.5, 0.6) is 11.5 Å². The fourth-order valence-electron chi connectivity index (χ4n) is 3.34. The van der Waals surface area contributed by atoms with Gasteiger partial charge in [-0.2, -0.15) is 0 Å². The number of benzene rings is 2. The summed E-state index contributed by atoms with van der Waals surface area (Å²) in [5, 5.41) is 0. The first-order chi connectivity index (χ1) is 15.2. The first kappa shape index (κ1) is 23.4. The normalized spacial score (nSPS) is 12.8. The quantitative estimate of drug-likeness (QED) is 0.500. The van der Waals surface area contributed by atoms with Gasteiger partial charge in [-0.05, 0) is 48.0 Å². The van der Waals surface area contributed by atoms with Crippen molar-refractivity contribution in [2.75, 3.05) is 5.75 Å². The third-order valence-corrected chi connectivity index (χ3v) is 6.95. The Kier molecular flexibility index (Phi) is 7.27. The molecular weight excluding hydrogens is 428 g/mol. The predicted octanol–water partition coefficient (Wildman–Crippen LogP) is 3.74. The molecule has 0 aliphatic rings. The Morgan fingerprint density at radius 2 is 1.66 bits per heavy atom. The first-order valence-corrected chi connectivity index (χ1v) is 11.7. The molecule has 2 N–H and O–H groups in total. The summed E-state index contributed by atoms with van der Waals surface area (Å²) in [6, 6.07) is 18.9. The Morgan fingerprint density at radius 1 is 1.00 bits per heavy atom.